The Morgan fingerprint density at radius 3 is 2.76 bits per heavy atom. The maximum Gasteiger partial charge on any atom is 0.338 e. The number of methoxy groups -OCH3 is 1. The molecule has 0 spiro atoms. The molecule has 0 radical (unpaired) electrons. The lowest BCUT2D eigenvalue weighted by molar-refractivity contribution is -0.385. The van der Waals surface area contributed by atoms with Crippen LogP contribution >= 0.6 is 11.3 Å². The summed E-state index contributed by atoms with van der Waals surface area (Å²) in [6.07, 6.45) is 0.696. The van der Waals surface area contributed by atoms with E-state index >= 15 is 0 Å². The molecule has 132 valence electrons. The van der Waals surface area contributed by atoms with E-state index in [4.69, 9.17) is 9.47 Å². The van der Waals surface area contributed by atoms with Crippen LogP contribution in [0.15, 0.2) is 35.7 Å². The number of nitro benzene ring substituents is 1. The molecule has 2 aromatic rings. The molecule has 0 saturated heterocycles. The monoisotopic (exact) mass is 364 g/mol. The van der Waals surface area contributed by atoms with E-state index in [1.54, 1.807) is 11.3 Å². The van der Waals surface area contributed by atoms with Crippen molar-refractivity contribution in [1.82, 2.24) is 5.32 Å². The molecule has 0 fully saturated rings. The highest BCUT2D eigenvalue weighted by Crippen LogP contribution is 2.27. The van der Waals surface area contributed by atoms with Gasteiger partial charge in [0.05, 0.1) is 17.6 Å². The number of hydrogen-bond donors (Lipinski definition) is 1. The minimum Gasteiger partial charge on any atom is -0.490 e. The molecule has 9 heteroatoms. The van der Waals surface area contributed by atoms with Crippen LogP contribution in [0.25, 0.3) is 0 Å². The summed E-state index contributed by atoms with van der Waals surface area (Å²) in [6.45, 7) is -0.0198. The van der Waals surface area contributed by atoms with Gasteiger partial charge in [0.15, 0.2) is 12.4 Å². The summed E-state index contributed by atoms with van der Waals surface area (Å²) in [5.74, 6) is -1.22. The topological polar surface area (TPSA) is 108 Å². The molecule has 1 heterocycles. The van der Waals surface area contributed by atoms with Gasteiger partial charge in [-0.1, -0.05) is 6.07 Å². The van der Waals surface area contributed by atoms with Gasteiger partial charge in [0.2, 0.25) is 0 Å². The number of carbonyl (C=O) groups is 2. The zero-order valence-electron chi connectivity index (χ0n) is 13.4. The van der Waals surface area contributed by atoms with E-state index in [1.165, 1.54) is 19.2 Å². The van der Waals surface area contributed by atoms with Crippen molar-refractivity contribution in [3.63, 3.8) is 0 Å². The van der Waals surface area contributed by atoms with Crippen LogP contribution in [0.2, 0.25) is 0 Å². The highest BCUT2D eigenvalue weighted by atomic mass is 32.1. The number of nitro groups is 1. The smallest absolute Gasteiger partial charge is 0.338 e. The zero-order chi connectivity index (χ0) is 18.2. The van der Waals surface area contributed by atoms with Gasteiger partial charge >= 0.3 is 11.7 Å². The molecule has 25 heavy (non-hydrogen) atoms. The molecule has 8 nitrogen and oxygen atoms in total. The minimum atomic E-state index is -0.820. The van der Waals surface area contributed by atoms with Gasteiger partial charge in [0.25, 0.3) is 5.91 Å². The van der Waals surface area contributed by atoms with Gasteiger partial charge < -0.3 is 14.8 Å². The van der Waals surface area contributed by atoms with Gasteiger partial charge in [-0.15, -0.1) is 11.3 Å². The van der Waals surface area contributed by atoms with E-state index in [2.05, 4.69) is 5.32 Å². The molecule has 1 N–H and O–H groups in total. The van der Waals surface area contributed by atoms with Crippen molar-refractivity contribution in [3.05, 3.63) is 56.3 Å². The van der Waals surface area contributed by atoms with Crippen LogP contribution in [-0.2, 0) is 16.0 Å². The molecule has 0 aliphatic heterocycles. The van der Waals surface area contributed by atoms with Crippen molar-refractivity contribution in [3.8, 4) is 5.75 Å². The molecule has 0 saturated carbocycles. The Labute approximate surface area is 147 Å². The van der Waals surface area contributed by atoms with E-state index in [1.807, 2.05) is 17.5 Å². The lowest BCUT2D eigenvalue weighted by atomic mass is 10.2. The fourth-order valence-electron chi connectivity index (χ4n) is 2.01. The second kappa shape index (κ2) is 8.78. The Kier molecular flexibility index (Phi) is 6.47. The molecular weight excluding hydrogens is 348 g/mol. The van der Waals surface area contributed by atoms with Crippen LogP contribution in [0, 0.1) is 10.1 Å². The van der Waals surface area contributed by atoms with Gasteiger partial charge in [-0.2, -0.15) is 0 Å². The Bertz CT molecular complexity index is 760. The van der Waals surface area contributed by atoms with E-state index in [9.17, 15) is 19.7 Å². The Morgan fingerprint density at radius 1 is 1.32 bits per heavy atom. The standard InChI is InChI=1S/C16H16N2O6S/c1-23-14-5-4-11(9-13(14)18(21)22)16(20)24-10-15(19)17-7-6-12-3-2-8-25-12/h2-5,8-9H,6-7,10H2,1H3,(H,17,19). The number of amides is 1. The van der Waals surface area contributed by atoms with Crippen molar-refractivity contribution in [2.24, 2.45) is 0 Å². The van der Waals surface area contributed by atoms with Crippen LogP contribution in [0.1, 0.15) is 15.2 Å². The average Bonchev–Trinajstić information content (AvgIpc) is 3.12. The molecule has 0 bridgehead atoms. The van der Waals surface area contributed by atoms with E-state index in [0.717, 1.165) is 10.9 Å². The van der Waals surface area contributed by atoms with Crippen LogP contribution in [0.5, 0.6) is 5.75 Å². The summed E-state index contributed by atoms with van der Waals surface area (Å²) in [7, 11) is 1.29. The second-order valence-electron chi connectivity index (χ2n) is 4.90. The van der Waals surface area contributed by atoms with Gasteiger partial charge in [-0.3, -0.25) is 14.9 Å². The van der Waals surface area contributed by atoms with Gasteiger partial charge in [0, 0.05) is 17.5 Å². The molecule has 0 unspecified atom stereocenters. The van der Waals surface area contributed by atoms with Crippen LogP contribution < -0.4 is 10.1 Å². The summed E-state index contributed by atoms with van der Waals surface area (Å²) in [5, 5.41) is 15.5. The fraction of sp³-hybridized carbons (Fsp3) is 0.250. The molecule has 2 rings (SSSR count). The van der Waals surface area contributed by atoms with Crippen LogP contribution in [-0.4, -0.2) is 37.1 Å². The lowest BCUT2D eigenvalue weighted by Crippen LogP contribution is -2.30. The summed E-state index contributed by atoms with van der Waals surface area (Å²) in [5.41, 5.74) is -0.378. The Morgan fingerprint density at radius 2 is 2.12 bits per heavy atom. The van der Waals surface area contributed by atoms with Crippen molar-refractivity contribution >= 4 is 28.9 Å². The molecular formula is C16H16N2O6S. The predicted octanol–water partition coefficient (Wildman–Crippen LogP) is 2.18. The normalized spacial score (nSPS) is 10.1. The average molecular weight is 364 g/mol. The van der Waals surface area contributed by atoms with Gasteiger partial charge in [-0.05, 0) is 30.0 Å². The van der Waals surface area contributed by atoms with Crippen molar-refractivity contribution in [1.29, 1.82) is 0 Å². The highest BCUT2D eigenvalue weighted by molar-refractivity contribution is 7.09. The third-order valence-electron chi connectivity index (χ3n) is 3.22. The second-order valence-corrected chi connectivity index (χ2v) is 5.93. The van der Waals surface area contributed by atoms with Gasteiger partial charge in [-0.25, -0.2) is 4.79 Å². The fourth-order valence-corrected chi connectivity index (χ4v) is 2.71. The van der Waals surface area contributed by atoms with Gasteiger partial charge in [0.1, 0.15) is 0 Å². The summed E-state index contributed by atoms with van der Waals surface area (Å²) < 4.78 is 9.73. The first-order valence-corrected chi connectivity index (χ1v) is 8.18. The summed E-state index contributed by atoms with van der Waals surface area (Å²) in [6, 6.07) is 7.58. The molecule has 1 amide bonds. The number of esters is 1. The maximum atomic E-state index is 11.9. The molecule has 1 aromatic heterocycles. The number of nitrogens with one attached hydrogen (secondary N) is 1. The maximum absolute atomic E-state index is 11.9. The zero-order valence-corrected chi connectivity index (χ0v) is 14.2. The van der Waals surface area contributed by atoms with E-state index in [-0.39, 0.29) is 17.0 Å². The number of carbonyl (C=O) groups excluding carboxylic acids is 2. The quantitative estimate of drug-likeness (QED) is 0.437. The first-order valence-electron chi connectivity index (χ1n) is 7.30. The first kappa shape index (κ1) is 18.4. The predicted molar refractivity (Wildman–Crippen MR) is 91.0 cm³/mol. The minimum absolute atomic E-state index is 0.0288. The molecule has 0 atom stereocenters. The molecule has 0 aliphatic carbocycles. The number of thiophene rings is 1. The molecule has 0 aliphatic rings. The SMILES string of the molecule is COc1ccc(C(=O)OCC(=O)NCCc2cccs2)cc1[N+](=O)[O-]. The van der Waals surface area contributed by atoms with Crippen molar-refractivity contribution < 1.29 is 24.0 Å². The summed E-state index contributed by atoms with van der Waals surface area (Å²) in [4.78, 5) is 35.0. The Balaban J connectivity index is 1.84. The Hall–Kier alpha value is -2.94. The molecule has 1 aromatic carbocycles. The van der Waals surface area contributed by atoms with Crippen molar-refractivity contribution in [2.75, 3.05) is 20.3 Å². The third-order valence-corrected chi connectivity index (χ3v) is 4.16. The first-order chi connectivity index (χ1) is 12.0. The number of rotatable bonds is 8. The number of benzene rings is 1. The van der Waals surface area contributed by atoms with E-state index in [0.29, 0.717) is 13.0 Å². The largest absolute Gasteiger partial charge is 0.490 e. The van der Waals surface area contributed by atoms with Crippen LogP contribution in [0.4, 0.5) is 5.69 Å². The highest BCUT2D eigenvalue weighted by Gasteiger charge is 2.19. The third kappa shape index (κ3) is 5.28. The van der Waals surface area contributed by atoms with E-state index < -0.39 is 23.4 Å². The number of ether oxygens (including phenoxy) is 2. The van der Waals surface area contributed by atoms with Crippen LogP contribution in [0.3, 0.4) is 0 Å². The lowest BCUT2D eigenvalue weighted by Gasteiger charge is -2.07. The number of nitrogens with zero attached hydrogens (tertiary/aromatic N) is 1. The van der Waals surface area contributed by atoms with Crippen molar-refractivity contribution in [2.45, 2.75) is 6.42 Å². The summed E-state index contributed by atoms with van der Waals surface area (Å²) >= 11 is 1.59. The number of hydrogen-bond acceptors (Lipinski definition) is 7.